The van der Waals surface area contributed by atoms with Crippen LogP contribution in [0, 0.1) is 11.8 Å². The zero-order valence-corrected chi connectivity index (χ0v) is 40.7. The smallest absolute Gasteiger partial charge is 0.356 e. The second kappa shape index (κ2) is 22.1. The minimum Gasteiger partial charge on any atom is -0.457 e. The lowest BCUT2D eigenvalue weighted by Crippen LogP contribution is -2.71. The van der Waals surface area contributed by atoms with Gasteiger partial charge in [-0.05, 0) is 66.3 Å². The largest absolute Gasteiger partial charge is 0.457 e. The van der Waals surface area contributed by atoms with Gasteiger partial charge in [-0.15, -0.1) is 23.1 Å². The van der Waals surface area contributed by atoms with Crippen LogP contribution in [0.2, 0.25) is 0 Å². The van der Waals surface area contributed by atoms with E-state index in [0.29, 0.717) is 22.9 Å². The molecule has 14 heteroatoms. The van der Waals surface area contributed by atoms with E-state index < -0.39 is 59.0 Å². The van der Waals surface area contributed by atoms with Crippen LogP contribution in [-0.4, -0.2) is 68.7 Å². The van der Waals surface area contributed by atoms with Gasteiger partial charge >= 0.3 is 11.9 Å². The fraction of sp³-hybridized carbons (Fsp3) is 0.214. The highest BCUT2D eigenvalue weighted by Gasteiger charge is 2.55. The minimum absolute atomic E-state index is 0.0641. The van der Waals surface area contributed by atoms with Crippen LogP contribution >= 0.6 is 23.1 Å². The first-order valence-electron chi connectivity index (χ1n) is 22.7. The van der Waals surface area contributed by atoms with E-state index in [2.05, 4.69) is 27.6 Å². The van der Waals surface area contributed by atoms with Gasteiger partial charge in [0.05, 0.1) is 0 Å². The van der Waals surface area contributed by atoms with Crippen LogP contribution in [0.25, 0.3) is 0 Å². The van der Waals surface area contributed by atoms with Gasteiger partial charge in [-0.3, -0.25) is 14.5 Å². The van der Waals surface area contributed by atoms with Crippen LogP contribution in [0.3, 0.4) is 0 Å². The highest BCUT2D eigenvalue weighted by Crippen LogP contribution is 2.43. The van der Waals surface area contributed by atoms with Crippen LogP contribution in [0.15, 0.2) is 186 Å². The molecule has 1 aromatic heterocycles. The van der Waals surface area contributed by atoms with Crippen molar-refractivity contribution < 1.29 is 33.5 Å². The van der Waals surface area contributed by atoms with E-state index in [4.69, 9.17) is 19.3 Å². The van der Waals surface area contributed by atoms with Crippen molar-refractivity contribution in [1.29, 1.82) is 0 Å². The summed E-state index contributed by atoms with van der Waals surface area (Å²) in [5.41, 5.74) is 3.04. The van der Waals surface area contributed by atoms with E-state index in [1.165, 1.54) is 28.0 Å². The molecule has 0 unspecified atom stereocenters. The number of amides is 2. The summed E-state index contributed by atoms with van der Waals surface area (Å²) in [5.74, 6) is 3.56. The molecule has 2 amide bonds. The van der Waals surface area contributed by atoms with E-state index >= 15 is 0 Å². The second-order valence-corrected chi connectivity index (χ2v) is 19.1. The van der Waals surface area contributed by atoms with E-state index in [1.807, 2.05) is 159 Å². The number of hydrogen-bond donors (Lipinski definition) is 2. The van der Waals surface area contributed by atoms with Gasteiger partial charge in [0.15, 0.2) is 16.9 Å². The lowest BCUT2D eigenvalue weighted by molar-refractivity contribution is -0.160. The Morgan fingerprint density at radius 2 is 1.37 bits per heavy atom. The molecule has 70 heavy (non-hydrogen) atoms. The highest BCUT2D eigenvalue weighted by atomic mass is 32.2. The molecule has 5 aromatic carbocycles. The Labute approximate surface area is 415 Å². The molecular formula is C56H51N5O7S2. The van der Waals surface area contributed by atoms with E-state index in [-0.39, 0.29) is 17.1 Å². The molecule has 2 atom stereocenters. The van der Waals surface area contributed by atoms with E-state index in [1.54, 1.807) is 38.3 Å². The molecule has 2 aliphatic rings. The Hall–Kier alpha value is -7.73. The molecule has 2 aliphatic heterocycles. The predicted molar refractivity (Wildman–Crippen MR) is 273 cm³/mol. The maximum absolute atomic E-state index is 14.6. The summed E-state index contributed by atoms with van der Waals surface area (Å²) in [4.78, 5) is 68.0. The normalized spacial score (nSPS) is 15.9. The monoisotopic (exact) mass is 969 g/mol. The number of ether oxygens (including phenoxy) is 2. The average molecular weight is 970 g/mol. The number of hydrogen-bond acceptors (Lipinski definition) is 12. The van der Waals surface area contributed by atoms with Gasteiger partial charge in [-0.1, -0.05) is 176 Å². The fourth-order valence-corrected chi connectivity index (χ4v) is 10.2. The Kier molecular flexibility index (Phi) is 15.4. The summed E-state index contributed by atoms with van der Waals surface area (Å²) in [6, 6.07) is 47.6. The number of carbonyl (C=O) groups excluding carboxylic acids is 4. The molecule has 0 spiro atoms. The zero-order valence-electron chi connectivity index (χ0n) is 39.0. The number of nitrogens with one attached hydrogen (secondary N) is 2. The van der Waals surface area contributed by atoms with Crippen molar-refractivity contribution in [3.05, 3.63) is 214 Å². The first-order chi connectivity index (χ1) is 34.0. The highest BCUT2D eigenvalue weighted by molar-refractivity contribution is 8.00. The van der Waals surface area contributed by atoms with Gasteiger partial charge in [-0.2, -0.15) is 0 Å². The number of fused-ring (bicyclic) bond motifs is 1. The third-order valence-electron chi connectivity index (χ3n) is 11.2. The summed E-state index contributed by atoms with van der Waals surface area (Å²) in [7, 11) is 0. The molecule has 0 saturated carbocycles. The lowest BCUT2D eigenvalue weighted by Gasteiger charge is -2.49. The summed E-state index contributed by atoms with van der Waals surface area (Å²) >= 11 is 2.62. The number of nitrogens with zero attached hydrogens (tertiary/aromatic N) is 3. The van der Waals surface area contributed by atoms with Crippen LogP contribution in [0.5, 0.6) is 0 Å². The third kappa shape index (κ3) is 11.1. The van der Waals surface area contributed by atoms with Crippen molar-refractivity contribution >= 4 is 57.7 Å². The summed E-state index contributed by atoms with van der Waals surface area (Å²) in [6.07, 6.45) is 3.25. The van der Waals surface area contributed by atoms with E-state index in [9.17, 15) is 19.2 Å². The third-order valence-corrected chi connectivity index (χ3v) is 13.2. The van der Waals surface area contributed by atoms with Crippen LogP contribution in [0.1, 0.15) is 73.7 Å². The predicted octanol–water partition coefficient (Wildman–Crippen LogP) is 9.57. The molecular weight excluding hydrogens is 919 g/mol. The van der Waals surface area contributed by atoms with Crippen molar-refractivity contribution in [3.63, 3.8) is 0 Å². The Bertz CT molecular complexity index is 2830. The van der Waals surface area contributed by atoms with Gasteiger partial charge in [-0.25, -0.2) is 14.6 Å². The molecule has 0 aliphatic carbocycles. The maximum atomic E-state index is 14.6. The molecule has 3 heterocycles. The zero-order chi connectivity index (χ0) is 49.1. The molecule has 0 radical (unpaired) electrons. The van der Waals surface area contributed by atoms with Gasteiger partial charge in [0.1, 0.15) is 33.9 Å². The van der Waals surface area contributed by atoms with Crippen molar-refractivity contribution in [3.8, 4) is 11.8 Å². The van der Waals surface area contributed by atoms with Gasteiger partial charge in [0.2, 0.25) is 6.61 Å². The molecule has 1 saturated heterocycles. The SMILES string of the molecule is CCC#C/C=C\C1=C(C(=O)OC(c2ccccc2)c2ccccc2)N2C(=O)[C@@H](NC(=O)/C(=N\OCC(=O)OC(C)(C)C)c3csc(NC(c4ccccc4)(c4ccccc4)c4ccccc4)n3)[C@H]2SC1. The van der Waals surface area contributed by atoms with Gasteiger partial charge in [0, 0.05) is 17.6 Å². The number of allylic oxidation sites excluding steroid dienone is 2. The van der Waals surface area contributed by atoms with Crippen LogP contribution in [-0.2, 0) is 39.0 Å². The number of thiazole rings is 1. The average Bonchev–Trinajstić information content (AvgIpc) is 3.84. The number of thioether (sulfide) groups is 1. The Balaban J connectivity index is 1.10. The number of benzene rings is 5. The summed E-state index contributed by atoms with van der Waals surface area (Å²) in [5, 5.41) is 12.1. The lowest BCUT2D eigenvalue weighted by atomic mass is 9.77. The molecule has 2 N–H and O–H groups in total. The van der Waals surface area contributed by atoms with Crippen LogP contribution in [0.4, 0.5) is 5.13 Å². The van der Waals surface area contributed by atoms with Crippen molar-refractivity contribution in [1.82, 2.24) is 15.2 Å². The second-order valence-electron chi connectivity index (χ2n) is 17.2. The summed E-state index contributed by atoms with van der Waals surface area (Å²) in [6.45, 7) is 6.52. The number of esters is 2. The number of anilines is 1. The number of carbonyl (C=O) groups is 4. The van der Waals surface area contributed by atoms with Gasteiger partial charge < -0.3 is 24.9 Å². The minimum atomic E-state index is -1.08. The number of oxime groups is 1. The molecule has 12 nitrogen and oxygen atoms in total. The fourth-order valence-electron chi connectivity index (χ4n) is 8.13. The molecule has 8 rings (SSSR count). The Morgan fingerprint density at radius 1 is 0.829 bits per heavy atom. The standard InChI is InChI=1S/C56H51N5O7S2/c1-5-6-7-13-28-40-36-69-52-47(51(64)61(52)48(40)53(65)67-49(38-24-14-8-15-25-38)39-26-16-9-17-27-39)58-50(63)46(60-66-35-45(62)68-55(2,3)4)44-37-70-54(57-44)59-56(41-29-18-10-19-30-41,42-31-20-11-21-32-42)43-33-22-12-23-34-43/h8-34,37,47,49,52H,5,35-36H2,1-4H3,(H,57,59)(H,58,63)/b28-13-,60-46-/t47-,52-/m1/s1. The van der Waals surface area contributed by atoms with Gasteiger partial charge in [0.25, 0.3) is 11.8 Å². The molecule has 0 bridgehead atoms. The molecule has 6 aromatic rings. The maximum Gasteiger partial charge on any atom is 0.356 e. The molecule has 354 valence electrons. The number of rotatable bonds is 16. The Morgan fingerprint density at radius 3 is 1.90 bits per heavy atom. The molecule has 1 fully saturated rings. The summed E-state index contributed by atoms with van der Waals surface area (Å²) < 4.78 is 11.7. The van der Waals surface area contributed by atoms with E-state index in [0.717, 1.165) is 27.8 Å². The quantitative estimate of drug-likeness (QED) is 0.0240. The van der Waals surface area contributed by atoms with Crippen molar-refractivity contribution in [2.75, 3.05) is 17.7 Å². The number of aromatic nitrogens is 1. The van der Waals surface area contributed by atoms with Crippen LogP contribution < -0.4 is 10.6 Å². The first kappa shape index (κ1) is 48.7. The topological polar surface area (TPSA) is 149 Å². The van der Waals surface area contributed by atoms with Crippen molar-refractivity contribution in [2.24, 2.45) is 5.16 Å². The first-order valence-corrected chi connectivity index (χ1v) is 24.7. The van der Waals surface area contributed by atoms with Crippen molar-refractivity contribution in [2.45, 2.75) is 62.8 Å². The number of β-lactam (4-membered cyclic amide) rings is 1.